The van der Waals surface area contributed by atoms with Crippen molar-refractivity contribution in [3.8, 4) is 0 Å². The minimum absolute atomic E-state index is 0.125. The number of pyridine rings is 1. The van der Waals surface area contributed by atoms with Crippen LogP contribution < -0.4 is 5.32 Å². The zero-order valence-electron chi connectivity index (χ0n) is 18.8. The number of piperidine rings is 1. The van der Waals surface area contributed by atoms with E-state index in [0.717, 1.165) is 4.47 Å². The molecule has 148 valence electrons. The summed E-state index contributed by atoms with van der Waals surface area (Å²) in [4.78, 5) is 17.1. The molecule has 6 heteroatoms. The van der Waals surface area contributed by atoms with Gasteiger partial charge in [0.25, 0.3) is 0 Å². The SMILES string of the molecule is [2H]C([2H])([2H])n1c(CC2(C3(C(=O)O)C=CC=CC3)CCNC(C)C2)cc2c(Br)ccnc21. The quantitative estimate of drug-likeness (QED) is 0.737. The maximum atomic E-state index is 12.7. The maximum Gasteiger partial charge on any atom is 0.314 e. The van der Waals surface area contributed by atoms with Crippen molar-refractivity contribution in [3.63, 3.8) is 0 Å². The lowest BCUT2D eigenvalue weighted by Gasteiger charge is -2.51. The summed E-state index contributed by atoms with van der Waals surface area (Å²) in [5.41, 5.74) is -0.773. The smallest absolute Gasteiger partial charge is 0.314 e. The molecule has 0 radical (unpaired) electrons. The number of nitrogens with one attached hydrogen (secondary N) is 1. The zero-order chi connectivity index (χ0) is 22.4. The second kappa shape index (κ2) is 7.16. The number of carboxylic acid groups (broad SMARTS) is 1. The van der Waals surface area contributed by atoms with Crippen LogP contribution in [0.2, 0.25) is 0 Å². The van der Waals surface area contributed by atoms with Crippen molar-refractivity contribution >= 4 is 32.9 Å². The van der Waals surface area contributed by atoms with E-state index < -0.39 is 23.8 Å². The van der Waals surface area contributed by atoms with Gasteiger partial charge in [0.1, 0.15) is 5.65 Å². The third-order valence-electron chi connectivity index (χ3n) is 6.43. The monoisotopic (exact) mass is 446 g/mol. The Bertz CT molecular complexity index is 1080. The molecule has 3 atom stereocenters. The minimum Gasteiger partial charge on any atom is -0.481 e. The number of allylic oxidation sites excluding steroid dienone is 3. The van der Waals surface area contributed by atoms with Crippen molar-refractivity contribution in [3.05, 3.63) is 52.8 Å². The van der Waals surface area contributed by atoms with Crippen LogP contribution in [0.3, 0.4) is 0 Å². The van der Waals surface area contributed by atoms with Crippen molar-refractivity contribution in [1.29, 1.82) is 0 Å². The largest absolute Gasteiger partial charge is 0.481 e. The van der Waals surface area contributed by atoms with Gasteiger partial charge in [0.15, 0.2) is 0 Å². The van der Waals surface area contributed by atoms with E-state index in [1.807, 2.05) is 30.4 Å². The molecule has 1 aliphatic heterocycles. The van der Waals surface area contributed by atoms with Gasteiger partial charge >= 0.3 is 5.97 Å². The molecule has 1 saturated heterocycles. The van der Waals surface area contributed by atoms with Gasteiger partial charge in [0.05, 0.1) is 5.41 Å². The Labute approximate surface area is 177 Å². The van der Waals surface area contributed by atoms with Gasteiger partial charge in [-0.25, -0.2) is 4.98 Å². The molecule has 0 amide bonds. The summed E-state index contributed by atoms with van der Waals surface area (Å²) < 4.78 is 26.6. The maximum absolute atomic E-state index is 12.7. The first-order valence-corrected chi connectivity index (χ1v) is 10.4. The predicted octanol–water partition coefficient (Wildman–Crippen LogP) is 4.22. The molecule has 28 heavy (non-hydrogen) atoms. The van der Waals surface area contributed by atoms with Crippen molar-refractivity contribution < 1.29 is 14.0 Å². The van der Waals surface area contributed by atoms with Crippen LogP contribution in [-0.4, -0.2) is 33.2 Å². The minimum atomic E-state index is -2.43. The summed E-state index contributed by atoms with van der Waals surface area (Å²) in [7, 11) is 0. The number of fused-ring (bicyclic) bond motifs is 1. The Morgan fingerprint density at radius 3 is 3.07 bits per heavy atom. The number of aromatic nitrogens is 2. The molecule has 0 bridgehead atoms. The zero-order valence-corrected chi connectivity index (χ0v) is 17.4. The van der Waals surface area contributed by atoms with Crippen LogP contribution >= 0.6 is 15.9 Å². The average molecular weight is 447 g/mol. The molecule has 0 aromatic carbocycles. The average Bonchev–Trinajstić information content (AvgIpc) is 3.08. The molecule has 1 aliphatic carbocycles. The standard InChI is InChI=1S/C22H26BrN3O2/c1-15-13-21(9-11-24-15,22(20(27)28)7-4-3-5-8-22)14-16-12-17-18(23)6-10-25-19(17)26(16)2/h3-7,10,12,15,24H,8-9,11,13-14H2,1-2H3,(H,27,28)/i2D3. The molecule has 0 spiro atoms. The van der Waals surface area contributed by atoms with E-state index in [-0.39, 0.29) is 6.04 Å². The molecule has 4 rings (SSSR count). The van der Waals surface area contributed by atoms with Gasteiger partial charge in [0.2, 0.25) is 0 Å². The predicted molar refractivity (Wildman–Crippen MR) is 114 cm³/mol. The van der Waals surface area contributed by atoms with Crippen LogP contribution in [0.25, 0.3) is 11.0 Å². The molecule has 2 N–H and O–H groups in total. The topological polar surface area (TPSA) is 67.2 Å². The van der Waals surface area contributed by atoms with Gasteiger partial charge in [0, 0.05) is 38.9 Å². The number of carbonyl (C=O) groups is 1. The first-order valence-electron chi connectivity index (χ1n) is 11.1. The van der Waals surface area contributed by atoms with Crippen molar-refractivity contribution in [1.82, 2.24) is 14.9 Å². The van der Waals surface area contributed by atoms with Crippen molar-refractivity contribution in [2.75, 3.05) is 6.54 Å². The number of aliphatic carboxylic acids is 1. The number of carboxylic acids is 1. The second-order valence-electron chi connectivity index (χ2n) is 8.04. The molecule has 2 aromatic heterocycles. The Morgan fingerprint density at radius 2 is 2.39 bits per heavy atom. The van der Waals surface area contributed by atoms with Gasteiger partial charge in [-0.1, -0.05) is 24.3 Å². The van der Waals surface area contributed by atoms with Crippen molar-refractivity contribution in [2.24, 2.45) is 17.8 Å². The summed E-state index contributed by atoms with van der Waals surface area (Å²) in [6.45, 7) is 0.316. The van der Waals surface area contributed by atoms with Gasteiger partial charge in [-0.05, 0) is 72.6 Å². The molecule has 5 nitrogen and oxygen atoms in total. The van der Waals surface area contributed by atoms with Crippen LogP contribution in [0.1, 0.15) is 36.0 Å². The highest BCUT2D eigenvalue weighted by Gasteiger charge is 2.56. The van der Waals surface area contributed by atoms with Crippen LogP contribution in [0.4, 0.5) is 0 Å². The Hall–Kier alpha value is -1.92. The van der Waals surface area contributed by atoms with E-state index in [4.69, 9.17) is 4.11 Å². The molecule has 0 saturated carbocycles. The van der Waals surface area contributed by atoms with Crippen LogP contribution in [0.15, 0.2) is 47.1 Å². The number of hydrogen-bond acceptors (Lipinski definition) is 3. The molecule has 2 aromatic rings. The number of nitrogens with zero attached hydrogens (tertiary/aromatic N) is 2. The van der Waals surface area contributed by atoms with Gasteiger partial charge < -0.3 is 15.0 Å². The van der Waals surface area contributed by atoms with Crippen LogP contribution in [0.5, 0.6) is 0 Å². The molecule has 2 aliphatic rings. The number of hydrogen-bond donors (Lipinski definition) is 2. The highest BCUT2D eigenvalue weighted by atomic mass is 79.9. The highest BCUT2D eigenvalue weighted by molar-refractivity contribution is 9.10. The fraction of sp³-hybridized carbons (Fsp3) is 0.455. The summed E-state index contributed by atoms with van der Waals surface area (Å²) in [5, 5.41) is 14.6. The highest BCUT2D eigenvalue weighted by Crippen LogP contribution is 2.54. The summed E-state index contributed by atoms with van der Waals surface area (Å²) in [5.74, 6) is -0.863. The fourth-order valence-corrected chi connectivity index (χ4v) is 5.45. The first-order chi connectivity index (χ1) is 14.6. The Morgan fingerprint density at radius 1 is 1.54 bits per heavy atom. The lowest BCUT2D eigenvalue weighted by Crippen LogP contribution is -2.55. The van der Waals surface area contributed by atoms with E-state index >= 15 is 0 Å². The molecule has 3 heterocycles. The first kappa shape index (κ1) is 15.9. The number of halogens is 1. The van der Waals surface area contributed by atoms with E-state index in [0.29, 0.717) is 49.0 Å². The van der Waals surface area contributed by atoms with Crippen LogP contribution in [-0.2, 0) is 18.2 Å². The molecule has 1 fully saturated rings. The number of aryl methyl sites for hydroxylation is 1. The summed E-state index contributed by atoms with van der Waals surface area (Å²) >= 11 is 3.51. The van der Waals surface area contributed by atoms with Gasteiger partial charge in [-0.15, -0.1) is 0 Å². The Balaban J connectivity index is 1.93. The molecule has 3 unspecified atom stereocenters. The third-order valence-corrected chi connectivity index (χ3v) is 7.13. The van der Waals surface area contributed by atoms with E-state index in [1.165, 1.54) is 4.57 Å². The van der Waals surface area contributed by atoms with Crippen molar-refractivity contribution in [2.45, 2.75) is 38.6 Å². The lowest BCUT2D eigenvalue weighted by atomic mass is 9.53. The summed E-state index contributed by atoms with van der Waals surface area (Å²) in [6.07, 6.45) is 11.0. The van der Waals surface area contributed by atoms with Crippen LogP contribution in [0, 0.1) is 10.8 Å². The van der Waals surface area contributed by atoms with Gasteiger partial charge in [-0.2, -0.15) is 0 Å². The van der Waals surface area contributed by atoms with E-state index in [2.05, 4.69) is 33.2 Å². The summed E-state index contributed by atoms with van der Waals surface area (Å²) in [6, 6.07) is 3.76. The Kier molecular flexibility index (Phi) is 4.07. The third kappa shape index (κ3) is 2.94. The molecular formula is C22H26BrN3O2. The molecular weight excluding hydrogens is 418 g/mol. The van der Waals surface area contributed by atoms with E-state index in [1.54, 1.807) is 12.3 Å². The fourth-order valence-electron chi connectivity index (χ4n) is 5.04. The lowest BCUT2D eigenvalue weighted by molar-refractivity contribution is -0.156. The van der Waals surface area contributed by atoms with Gasteiger partial charge in [-0.3, -0.25) is 4.79 Å². The normalized spacial score (nSPS) is 32.1. The number of rotatable bonds is 4. The second-order valence-corrected chi connectivity index (χ2v) is 8.89. The van der Waals surface area contributed by atoms with E-state index in [9.17, 15) is 9.90 Å².